The average molecular weight is 325 g/mol. The van der Waals surface area contributed by atoms with E-state index in [2.05, 4.69) is 15.5 Å². The monoisotopic (exact) mass is 325 g/mol. The number of hydrazone groups is 1. The van der Waals surface area contributed by atoms with E-state index in [9.17, 15) is 4.79 Å². The molecule has 0 saturated heterocycles. The zero-order chi connectivity index (χ0) is 16.1. The van der Waals surface area contributed by atoms with E-state index in [-0.39, 0.29) is 11.7 Å². The van der Waals surface area contributed by atoms with Crippen LogP contribution in [0.2, 0.25) is 0 Å². The van der Waals surface area contributed by atoms with Crippen LogP contribution in [0.5, 0.6) is 0 Å². The topological polar surface area (TPSA) is 67.5 Å². The molecule has 0 aliphatic carbocycles. The number of nitrogens with one attached hydrogen (secondary N) is 1. The lowest BCUT2D eigenvalue weighted by Gasteiger charge is -2.05. The summed E-state index contributed by atoms with van der Waals surface area (Å²) in [6, 6.07) is 13.5. The number of nitrogens with zero attached hydrogens (tertiary/aromatic N) is 2. The number of para-hydroxylation sites is 1. The Morgan fingerprint density at radius 1 is 1.35 bits per heavy atom. The molecule has 116 valence electrons. The van der Waals surface area contributed by atoms with Crippen LogP contribution in [0.1, 0.15) is 11.3 Å². The largest absolute Gasteiger partial charge is 0.463 e. The molecule has 0 bridgehead atoms. The van der Waals surface area contributed by atoms with Crippen LogP contribution in [-0.2, 0) is 4.79 Å². The van der Waals surface area contributed by atoms with Gasteiger partial charge in [0, 0.05) is 5.39 Å². The molecule has 23 heavy (non-hydrogen) atoms. The number of furan rings is 1. The molecule has 0 saturated carbocycles. The minimum absolute atomic E-state index is 0.189. The Balaban J connectivity index is 1.58. The van der Waals surface area contributed by atoms with Crippen molar-refractivity contribution < 1.29 is 9.21 Å². The van der Waals surface area contributed by atoms with Crippen molar-refractivity contribution in [3.8, 4) is 0 Å². The highest BCUT2D eigenvalue weighted by Gasteiger charge is 2.06. The maximum Gasteiger partial charge on any atom is 0.250 e. The highest BCUT2D eigenvalue weighted by molar-refractivity contribution is 7.99. The predicted molar refractivity (Wildman–Crippen MR) is 91.6 cm³/mol. The predicted octanol–water partition coefficient (Wildman–Crippen LogP) is 3.38. The summed E-state index contributed by atoms with van der Waals surface area (Å²) in [5.74, 6) is 0.649. The van der Waals surface area contributed by atoms with Crippen LogP contribution >= 0.6 is 11.8 Å². The number of benzene rings is 1. The van der Waals surface area contributed by atoms with Crippen molar-refractivity contribution in [3.05, 3.63) is 60.1 Å². The second-order valence-corrected chi connectivity index (χ2v) is 5.89. The Hall–Kier alpha value is -2.60. The van der Waals surface area contributed by atoms with Crippen LogP contribution in [-0.4, -0.2) is 22.9 Å². The van der Waals surface area contributed by atoms with Crippen LogP contribution in [0.25, 0.3) is 10.9 Å². The number of carbonyl (C=O) groups is 1. The fourth-order valence-electron chi connectivity index (χ4n) is 2.10. The van der Waals surface area contributed by atoms with Gasteiger partial charge in [0.1, 0.15) is 5.76 Å². The summed E-state index contributed by atoms with van der Waals surface area (Å²) in [5.41, 5.74) is 4.55. The zero-order valence-corrected chi connectivity index (χ0v) is 13.3. The lowest BCUT2D eigenvalue weighted by atomic mass is 10.1. The molecule has 2 aromatic heterocycles. The molecule has 3 rings (SSSR count). The average Bonchev–Trinajstić information content (AvgIpc) is 3.06. The third kappa shape index (κ3) is 3.98. The van der Waals surface area contributed by atoms with Crippen molar-refractivity contribution in [1.29, 1.82) is 0 Å². The second kappa shape index (κ2) is 7.11. The van der Waals surface area contributed by atoms with E-state index in [0.717, 1.165) is 21.5 Å². The minimum Gasteiger partial charge on any atom is -0.463 e. The normalized spacial score (nSPS) is 11.2. The summed E-state index contributed by atoms with van der Waals surface area (Å²) in [4.78, 5) is 16.3. The number of fused-ring (bicyclic) bond motifs is 1. The molecule has 0 spiro atoms. The van der Waals surface area contributed by atoms with Crippen LogP contribution in [0.4, 0.5) is 0 Å². The van der Waals surface area contributed by atoms with Gasteiger partial charge in [0.25, 0.3) is 0 Å². The SMILES string of the molecule is Cc1cc(SCC(=O)N/N=C\c2ccco2)nc2ccccc12. The molecular weight excluding hydrogens is 310 g/mol. The highest BCUT2D eigenvalue weighted by atomic mass is 32.2. The minimum atomic E-state index is -0.189. The first-order valence-electron chi connectivity index (χ1n) is 7.07. The van der Waals surface area contributed by atoms with Gasteiger partial charge in [-0.3, -0.25) is 4.79 Å². The van der Waals surface area contributed by atoms with Crippen molar-refractivity contribution in [1.82, 2.24) is 10.4 Å². The fraction of sp³-hybridized carbons (Fsp3) is 0.118. The molecule has 0 atom stereocenters. The quantitative estimate of drug-likeness (QED) is 0.444. The van der Waals surface area contributed by atoms with Crippen molar-refractivity contribution in [2.45, 2.75) is 11.9 Å². The molecule has 3 aromatic rings. The Labute approximate surface area is 137 Å². The lowest BCUT2D eigenvalue weighted by Crippen LogP contribution is -2.19. The maximum atomic E-state index is 11.8. The van der Waals surface area contributed by atoms with E-state index in [0.29, 0.717) is 5.76 Å². The molecule has 6 heteroatoms. The third-order valence-corrected chi connectivity index (χ3v) is 4.09. The van der Waals surface area contributed by atoms with E-state index in [1.807, 2.05) is 37.3 Å². The van der Waals surface area contributed by atoms with Gasteiger partial charge in [-0.1, -0.05) is 30.0 Å². The summed E-state index contributed by atoms with van der Waals surface area (Å²) < 4.78 is 5.08. The van der Waals surface area contributed by atoms with Crippen LogP contribution < -0.4 is 5.43 Å². The van der Waals surface area contributed by atoms with E-state index >= 15 is 0 Å². The summed E-state index contributed by atoms with van der Waals surface area (Å²) in [6.07, 6.45) is 3.01. The molecule has 0 unspecified atom stereocenters. The number of pyridine rings is 1. The van der Waals surface area contributed by atoms with Gasteiger partial charge in [0.05, 0.1) is 28.8 Å². The number of aryl methyl sites for hydroxylation is 1. The van der Waals surface area contributed by atoms with Crippen LogP contribution in [0.15, 0.2) is 63.3 Å². The molecule has 1 N–H and O–H groups in total. The van der Waals surface area contributed by atoms with Crippen molar-refractivity contribution in [2.75, 3.05) is 5.75 Å². The van der Waals surface area contributed by atoms with E-state index < -0.39 is 0 Å². The van der Waals surface area contributed by atoms with Gasteiger partial charge in [0.2, 0.25) is 5.91 Å². The van der Waals surface area contributed by atoms with Gasteiger partial charge in [-0.25, -0.2) is 10.4 Å². The molecule has 0 radical (unpaired) electrons. The number of rotatable bonds is 5. The van der Waals surface area contributed by atoms with Gasteiger partial charge < -0.3 is 4.42 Å². The van der Waals surface area contributed by atoms with Crippen molar-refractivity contribution in [3.63, 3.8) is 0 Å². The number of hydrogen-bond acceptors (Lipinski definition) is 5. The Morgan fingerprint density at radius 3 is 3.04 bits per heavy atom. The summed E-state index contributed by atoms with van der Waals surface area (Å²) in [7, 11) is 0. The van der Waals surface area contributed by atoms with Crippen LogP contribution in [0.3, 0.4) is 0 Å². The number of thioether (sulfide) groups is 1. The third-order valence-electron chi connectivity index (χ3n) is 3.17. The fourth-order valence-corrected chi connectivity index (χ4v) is 2.86. The van der Waals surface area contributed by atoms with Gasteiger partial charge >= 0.3 is 0 Å². The second-order valence-electron chi connectivity index (χ2n) is 4.89. The van der Waals surface area contributed by atoms with Crippen LogP contribution in [0, 0.1) is 6.92 Å². The summed E-state index contributed by atoms with van der Waals surface area (Å²) in [6.45, 7) is 2.04. The molecule has 2 heterocycles. The number of amides is 1. The number of hydrogen-bond donors (Lipinski definition) is 1. The van der Waals surface area contributed by atoms with Gasteiger partial charge in [0.15, 0.2) is 0 Å². The first-order chi connectivity index (χ1) is 11.2. The Bertz CT molecular complexity index is 844. The molecule has 1 amide bonds. The summed E-state index contributed by atoms with van der Waals surface area (Å²) >= 11 is 1.38. The van der Waals surface area contributed by atoms with E-state index in [4.69, 9.17) is 4.42 Å². The first-order valence-corrected chi connectivity index (χ1v) is 8.05. The Kier molecular flexibility index (Phi) is 4.73. The van der Waals surface area contributed by atoms with E-state index in [1.54, 1.807) is 18.4 Å². The van der Waals surface area contributed by atoms with Crippen molar-refractivity contribution >= 4 is 34.8 Å². The molecule has 0 fully saturated rings. The molecule has 0 aliphatic heterocycles. The highest BCUT2D eigenvalue weighted by Crippen LogP contribution is 2.23. The molecular formula is C17H15N3O2S. The van der Waals surface area contributed by atoms with E-state index in [1.165, 1.54) is 18.0 Å². The first kappa shape index (κ1) is 15.3. The van der Waals surface area contributed by atoms with Crippen molar-refractivity contribution in [2.24, 2.45) is 5.10 Å². The maximum absolute atomic E-state index is 11.8. The molecule has 5 nitrogen and oxygen atoms in total. The van der Waals surface area contributed by atoms with Gasteiger partial charge in [-0.05, 0) is 36.8 Å². The number of aromatic nitrogens is 1. The summed E-state index contributed by atoms with van der Waals surface area (Å²) in [5, 5.41) is 5.80. The molecule has 1 aromatic carbocycles. The number of carbonyl (C=O) groups excluding carboxylic acids is 1. The standard InChI is InChI=1S/C17H15N3O2S/c1-12-9-17(19-15-7-3-2-6-14(12)15)23-11-16(21)20-18-10-13-5-4-8-22-13/h2-10H,11H2,1H3,(H,20,21)/b18-10-. The Morgan fingerprint density at radius 2 is 2.22 bits per heavy atom. The van der Waals surface area contributed by atoms with Gasteiger partial charge in [-0.15, -0.1) is 0 Å². The van der Waals surface area contributed by atoms with Gasteiger partial charge in [-0.2, -0.15) is 5.10 Å². The molecule has 0 aliphatic rings. The smallest absolute Gasteiger partial charge is 0.250 e. The lowest BCUT2D eigenvalue weighted by molar-refractivity contribution is -0.118. The zero-order valence-electron chi connectivity index (χ0n) is 12.5.